The Bertz CT molecular complexity index is 1580. The Hall–Kier alpha value is -4.66. The van der Waals surface area contributed by atoms with Crippen molar-refractivity contribution in [3.05, 3.63) is 107 Å². The van der Waals surface area contributed by atoms with E-state index in [1.165, 1.54) is 0 Å². The molecule has 3 rings (SSSR count). The van der Waals surface area contributed by atoms with Crippen LogP contribution in [0.4, 0.5) is 4.79 Å². The van der Waals surface area contributed by atoms with Crippen LogP contribution in [-0.4, -0.2) is 58.6 Å². The second-order valence-electron chi connectivity index (χ2n) is 15.4. The standard InChI is InChI=1S/C43H59N3O6/c1-9-10-11-12-21-28-46(39(48)35(29-32-23-15-13-16-24-32)45-41(50)52-43(6,7)8)37(34-27-20-19-22-31(34)2)38(47)44-36(40(49)51-42(3,4)5)30-33-25-17-14-18-26-33/h13-20,22-27,35-37H,9-12,21,28-30H2,1-8H3,(H,44,47)(H,45,50). The highest BCUT2D eigenvalue weighted by molar-refractivity contribution is 5.94. The van der Waals surface area contributed by atoms with Crippen LogP contribution in [0.3, 0.4) is 0 Å². The van der Waals surface area contributed by atoms with Crippen LogP contribution in [-0.2, 0) is 36.7 Å². The Balaban J connectivity index is 2.12. The number of amides is 3. The lowest BCUT2D eigenvalue weighted by atomic mass is 9.96. The summed E-state index contributed by atoms with van der Waals surface area (Å²) in [6, 6.07) is 23.1. The molecule has 0 radical (unpaired) electrons. The lowest BCUT2D eigenvalue weighted by molar-refractivity contribution is -0.159. The van der Waals surface area contributed by atoms with Crippen LogP contribution < -0.4 is 10.6 Å². The van der Waals surface area contributed by atoms with Gasteiger partial charge in [0.2, 0.25) is 11.8 Å². The van der Waals surface area contributed by atoms with Gasteiger partial charge in [-0.25, -0.2) is 9.59 Å². The fraction of sp³-hybridized carbons (Fsp3) is 0.488. The summed E-state index contributed by atoms with van der Waals surface area (Å²) in [6.45, 7) is 14.9. The van der Waals surface area contributed by atoms with Crippen molar-refractivity contribution < 1.29 is 28.7 Å². The van der Waals surface area contributed by atoms with E-state index in [4.69, 9.17) is 9.47 Å². The van der Waals surface area contributed by atoms with E-state index in [-0.39, 0.29) is 19.4 Å². The Morgan fingerprint density at radius 1 is 0.654 bits per heavy atom. The van der Waals surface area contributed by atoms with Crippen LogP contribution in [0.5, 0.6) is 0 Å². The predicted octanol–water partition coefficient (Wildman–Crippen LogP) is 8.04. The molecule has 9 heteroatoms. The summed E-state index contributed by atoms with van der Waals surface area (Å²) < 4.78 is 11.4. The number of unbranched alkanes of at least 4 members (excludes halogenated alkanes) is 4. The number of hydrogen-bond donors (Lipinski definition) is 2. The first-order valence-electron chi connectivity index (χ1n) is 18.5. The second-order valence-corrected chi connectivity index (χ2v) is 15.4. The molecule has 282 valence electrons. The molecule has 3 unspecified atom stereocenters. The summed E-state index contributed by atoms with van der Waals surface area (Å²) in [6.07, 6.45) is 4.26. The first-order chi connectivity index (χ1) is 24.6. The van der Waals surface area contributed by atoms with Crippen molar-refractivity contribution in [1.82, 2.24) is 15.5 Å². The molecule has 0 heterocycles. The van der Waals surface area contributed by atoms with Gasteiger partial charge in [-0.1, -0.05) is 118 Å². The van der Waals surface area contributed by atoms with Crippen molar-refractivity contribution in [1.29, 1.82) is 0 Å². The number of hydrogen-bond acceptors (Lipinski definition) is 6. The molecule has 0 spiro atoms. The zero-order valence-electron chi connectivity index (χ0n) is 32.4. The van der Waals surface area contributed by atoms with Gasteiger partial charge in [-0.3, -0.25) is 9.59 Å². The van der Waals surface area contributed by atoms with E-state index in [0.29, 0.717) is 12.0 Å². The predicted molar refractivity (Wildman–Crippen MR) is 206 cm³/mol. The third-order valence-electron chi connectivity index (χ3n) is 8.39. The molecule has 0 aliphatic carbocycles. The maximum atomic E-state index is 15.0. The summed E-state index contributed by atoms with van der Waals surface area (Å²) in [4.78, 5) is 58.3. The van der Waals surface area contributed by atoms with Crippen molar-refractivity contribution in [3.8, 4) is 0 Å². The summed E-state index contributed by atoms with van der Waals surface area (Å²) in [5.74, 6) is -1.51. The minimum absolute atomic E-state index is 0.182. The van der Waals surface area contributed by atoms with Crippen LogP contribution in [0.25, 0.3) is 0 Å². The number of ether oxygens (including phenoxy) is 2. The number of aryl methyl sites for hydroxylation is 1. The summed E-state index contributed by atoms with van der Waals surface area (Å²) in [5.41, 5.74) is 1.54. The highest BCUT2D eigenvalue weighted by atomic mass is 16.6. The van der Waals surface area contributed by atoms with E-state index in [2.05, 4.69) is 17.6 Å². The maximum Gasteiger partial charge on any atom is 0.408 e. The normalized spacial score (nSPS) is 13.3. The highest BCUT2D eigenvalue weighted by Crippen LogP contribution is 2.28. The van der Waals surface area contributed by atoms with Gasteiger partial charge in [-0.15, -0.1) is 0 Å². The molecule has 9 nitrogen and oxygen atoms in total. The number of esters is 1. The van der Waals surface area contributed by atoms with Crippen LogP contribution >= 0.6 is 0 Å². The molecule has 0 fully saturated rings. The minimum Gasteiger partial charge on any atom is -0.458 e. The number of nitrogens with zero attached hydrogens (tertiary/aromatic N) is 1. The van der Waals surface area contributed by atoms with E-state index < -0.39 is 53.2 Å². The monoisotopic (exact) mass is 713 g/mol. The second kappa shape index (κ2) is 19.8. The summed E-state index contributed by atoms with van der Waals surface area (Å²) in [5, 5.41) is 5.83. The summed E-state index contributed by atoms with van der Waals surface area (Å²) in [7, 11) is 0. The van der Waals surface area contributed by atoms with Crippen LogP contribution in [0, 0.1) is 6.92 Å². The third kappa shape index (κ3) is 14.2. The van der Waals surface area contributed by atoms with E-state index in [9.17, 15) is 19.2 Å². The van der Waals surface area contributed by atoms with Crippen molar-refractivity contribution >= 4 is 23.9 Å². The molecule has 3 atom stereocenters. The van der Waals surface area contributed by atoms with Crippen LogP contribution in [0.2, 0.25) is 0 Å². The quantitative estimate of drug-likeness (QED) is 0.108. The van der Waals surface area contributed by atoms with E-state index in [1.807, 2.05) is 91.9 Å². The molecule has 0 saturated carbocycles. The lowest BCUT2D eigenvalue weighted by Crippen LogP contribution is -2.55. The molecule has 0 aliphatic heterocycles. The molecule has 3 aromatic carbocycles. The summed E-state index contributed by atoms with van der Waals surface area (Å²) >= 11 is 0. The van der Waals surface area contributed by atoms with E-state index in [0.717, 1.165) is 42.4 Å². The molecule has 0 bridgehead atoms. The van der Waals surface area contributed by atoms with Gasteiger partial charge < -0.3 is 25.0 Å². The van der Waals surface area contributed by atoms with E-state index >= 15 is 0 Å². The SMILES string of the molecule is CCCCCCCN(C(=O)C(Cc1ccccc1)NC(=O)OC(C)(C)C)C(C(=O)NC(Cc1ccccc1)C(=O)OC(C)(C)C)c1ccccc1C. The van der Waals surface area contributed by atoms with Crippen molar-refractivity contribution in [3.63, 3.8) is 0 Å². The zero-order chi connectivity index (χ0) is 38.3. The van der Waals surface area contributed by atoms with Crippen molar-refractivity contribution in [2.75, 3.05) is 6.54 Å². The molecule has 3 aromatic rings. The Morgan fingerprint density at radius 2 is 1.17 bits per heavy atom. The van der Waals surface area contributed by atoms with Gasteiger partial charge in [0.1, 0.15) is 29.3 Å². The van der Waals surface area contributed by atoms with Gasteiger partial charge in [0.05, 0.1) is 0 Å². The Kier molecular flexibility index (Phi) is 15.9. The molecule has 52 heavy (non-hydrogen) atoms. The molecule has 0 aliphatic rings. The zero-order valence-corrected chi connectivity index (χ0v) is 32.4. The lowest BCUT2D eigenvalue weighted by Gasteiger charge is -2.36. The number of carbonyl (C=O) groups excluding carboxylic acids is 4. The highest BCUT2D eigenvalue weighted by Gasteiger charge is 2.39. The Morgan fingerprint density at radius 3 is 1.71 bits per heavy atom. The van der Waals surface area contributed by atoms with Gasteiger partial charge in [0.25, 0.3) is 0 Å². The largest absolute Gasteiger partial charge is 0.458 e. The topological polar surface area (TPSA) is 114 Å². The number of carbonyl (C=O) groups is 4. The van der Waals surface area contributed by atoms with Gasteiger partial charge in [0, 0.05) is 19.4 Å². The number of alkyl carbamates (subject to hydrolysis) is 1. The third-order valence-corrected chi connectivity index (χ3v) is 8.39. The van der Waals surface area contributed by atoms with Gasteiger partial charge in [0.15, 0.2) is 0 Å². The van der Waals surface area contributed by atoms with Gasteiger partial charge in [-0.2, -0.15) is 0 Å². The fourth-order valence-corrected chi connectivity index (χ4v) is 5.96. The average Bonchev–Trinajstić information content (AvgIpc) is 3.06. The van der Waals surface area contributed by atoms with Crippen LogP contribution in [0.1, 0.15) is 109 Å². The number of benzene rings is 3. The fourth-order valence-electron chi connectivity index (χ4n) is 5.96. The number of rotatable bonds is 17. The molecule has 3 amide bonds. The molecule has 0 aromatic heterocycles. The molecule has 0 saturated heterocycles. The molecular formula is C43H59N3O6. The van der Waals surface area contributed by atoms with Crippen LogP contribution in [0.15, 0.2) is 84.9 Å². The molecular weight excluding hydrogens is 654 g/mol. The number of nitrogens with one attached hydrogen (secondary N) is 2. The minimum atomic E-state index is -1.11. The van der Waals surface area contributed by atoms with Crippen molar-refractivity contribution in [2.24, 2.45) is 0 Å². The molecule has 2 N–H and O–H groups in total. The van der Waals surface area contributed by atoms with Crippen molar-refractivity contribution in [2.45, 2.75) is 130 Å². The maximum absolute atomic E-state index is 15.0. The first-order valence-corrected chi connectivity index (χ1v) is 18.5. The first kappa shape index (κ1) is 41.8. The average molecular weight is 714 g/mol. The van der Waals surface area contributed by atoms with Gasteiger partial charge in [-0.05, 0) is 77.1 Å². The van der Waals surface area contributed by atoms with Gasteiger partial charge >= 0.3 is 12.1 Å². The Labute approximate surface area is 310 Å². The van der Waals surface area contributed by atoms with E-state index in [1.54, 1.807) is 46.4 Å². The smallest absolute Gasteiger partial charge is 0.408 e.